The predicted molar refractivity (Wildman–Crippen MR) is 132 cm³/mol. The van der Waals surface area contributed by atoms with Crippen LogP contribution in [0.3, 0.4) is 0 Å². The van der Waals surface area contributed by atoms with Crippen LogP contribution in [0.15, 0.2) is 48.5 Å². The monoisotopic (exact) mass is 447 g/mol. The summed E-state index contributed by atoms with van der Waals surface area (Å²) in [7, 11) is 0. The van der Waals surface area contributed by atoms with Crippen LogP contribution < -0.4 is 9.64 Å². The molecule has 1 fully saturated rings. The van der Waals surface area contributed by atoms with Crippen LogP contribution >= 0.6 is 0 Å². The number of amides is 1. The van der Waals surface area contributed by atoms with Crippen molar-refractivity contribution in [2.24, 2.45) is 0 Å². The molecule has 174 valence electrons. The second kappa shape index (κ2) is 10.3. The van der Waals surface area contributed by atoms with E-state index in [0.717, 1.165) is 47.9 Å². The first-order valence-corrected chi connectivity index (χ1v) is 11.9. The molecular formula is C28H33NO4. The Hall–Kier alpha value is -3.05. The number of carbonyl (C=O) groups is 1. The van der Waals surface area contributed by atoms with E-state index in [1.807, 2.05) is 56.3 Å². The van der Waals surface area contributed by atoms with E-state index in [0.29, 0.717) is 24.1 Å². The van der Waals surface area contributed by atoms with Crippen LogP contribution in [0.5, 0.6) is 11.5 Å². The van der Waals surface area contributed by atoms with Gasteiger partial charge in [0, 0.05) is 29.6 Å². The van der Waals surface area contributed by atoms with Crippen molar-refractivity contribution in [1.82, 2.24) is 0 Å². The molecule has 0 atom stereocenters. The van der Waals surface area contributed by atoms with E-state index < -0.39 is 0 Å². The molecule has 5 heteroatoms. The van der Waals surface area contributed by atoms with Gasteiger partial charge in [-0.05, 0) is 63.6 Å². The maximum absolute atomic E-state index is 13.8. The van der Waals surface area contributed by atoms with Gasteiger partial charge in [0.1, 0.15) is 11.5 Å². The van der Waals surface area contributed by atoms with E-state index in [-0.39, 0.29) is 29.9 Å². The fraction of sp³-hybridized carbons (Fsp3) is 0.393. The second-order valence-electron chi connectivity index (χ2n) is 9.02. The summed E-state index contributed by atoms with van der Waals surface area (Å²) in [5.41, 5.74) is 3.08. The molecule has 4 rings (SSSR count). The summed E-state index contributed by atoms with van der Waals surface area (Å²) >= 11 is 0. The molecule has 1 aliphatic carbocycles. The number of aliphatic hydroxyl groups is 1. The third kappa shape index (κ3) is 4.98. The first kappa shape index (κ1) is 23.1. The average Bonchev–Trinajstić information content (AvgIpc) is 2.82. The van der Waals surface area contributed by atoms with Crippen molar-refractivity contribution in [3.63, 3.8) is 0 Å². The van der Waals surface area contributed by atoms with Crippen molar-refractivity contribution in [1.29, 1.82) is 0 Å². The molecule has 0 unspecified atom stereocenters. The van der Waals surface area contributed by atoms with Gasteiger partial charge >= 0.3 is 0 Å². The van der Waals surface area contributed by atoms with E-state index in [2.05, 4.69) is 0 Å². The summed E-state index contributed by atoms with van der Waals surface area (Å²) in [4.78, 5) is 15.5. The highest BCUT2D eigenvalue weighted by Gasteiger charge is 2.26. The molecule has 3 aromatic carbocycles. The van der Waals surface area contributed by atoms with Crippen LogP contribution in [0.2, 0.25) is 0 Å². The summed E-state index contributed by atoms with van der Waals surface area (Å²) < 4.78 is 6.40. The predicted octanol–water partition coefficient (Wildman–Crippen LogP) is 5.90. The normalized spacial score (nSPS) is 14.4. The molecule has 0 aliphatic heterocycles. The highest BCUT2D eigenvalue weighted by Crippen LogP contribution is 2.39. The lowest BCUT2D eigenvalue weighted by Gasteiger charge is -2.27. The number of fused-ring (bicyclic) bond motifs is 1. The maximum Gasteiger partial charge on any atom is 0.262 e. The molecule has 0 aromatic heterocycles. The van der Waals surface area contributed by atoms with Crippen molar-refractivity contribution >= 4 is 22.4 Å². The van der Waals surface area contributed by atoms with Gasteiger partial charge in [-0.3, -0.25) is 4.79 Å². The number of aryl methyl sites for hydroxylation is 2. The number of phenols is 1. The number of rotatable bonds is 7. The number of aliphatic hydroxyl groups excluding tert-OH is 1. The van der Waals surface area contributed by atoms with Gasteiger partial charge in [0.05, 0.1) is 11.7 Å². The third-order valence-electron chi connectivity index (χ3n) is 6.48. The molecule has 5 nitrogen and oxygen atoms in total. The zero-order chi connectivity index (χ0) is 23.4. The number of hydrogen-bond acceptors (Lipinski definition) is 4. The Kier molecular flexibility index (Phi) is 7.19. The van der Waals surface area contributed by atoms with Crippen LogP contribution in [-0.4, -0.2) is 35.4 Å². The Labute approximate surface area is 195 Å². The van der Waals surface area contributed by atoms with Crippen LogP contribution in [0, 0.1) is 13.8 Å². The number of phenolic OH excluding ortho intramolecular Hbond substituents is 1. The highest BCUT2D eigenvalue weighted by atomic mass is 16.5. The lowest BCUT2D eigenvalue weighted by atomic mass is 9.97. The summed E-state index contributed by atoms with van der Waals surface area (Å²) in [6.07, 6.45) is 6.10. The SMILES string of the molecule is Cc1ccc(N(CCCO)C(=O)c2cc(OC3CCCCC3)c3ccccc3c2O)c(C)c1. The molecule has 2 N–H and O–H groups in total. The van der Waals surface area contributed by atoms with Crippen LogP contribution in [-0.2, 0) is 0 Å². The van der Waals surface area contributed by atoms with Gasteiger partial charge < -0.3 is 19.8 Å². The number of anilines is 1. The smallest absolute Gasteiger partial charge is 0.262 e. The van der Waals surface area contributed by atoms with Crippen molar-refractivity contribution < 1.29 is 19.7 Å². The Morgan fingerprint density at radius 2 is 1.76 bits per heavy atom. The van der Waals surface area contributed by atoms with Crippen molar-refractivity contribution in [2.45, 2.75) is 58.5 Å². The summed E-state index contributed by atoms with van der Waals surface area (Å²) in [6, 6.07) is 15.2. The summed E-state index contributed by atoms with van der Waals surface area (Å²) in [5.74, 6) is 0.305. The fourth-order valence-electron chi connectivity index (χ4n) is 4.76. The Bertz CT molecular complexity index is 1130. The van der Waals surface area contributed by atoms with Gasteiger partial charge in [0.15, 0.2) is 0 Å². The molecular weight excluding hydrogens is 414 g/mol. The maximum atomic E-state index is 13.8. The Balaban J connectivity index is 1.78. The lowest BCUT2D eigenvalue weighted by Crippen LogP contribution is -2.33. The topological polar surface area (TPSA) is 70.0 Å². The molecule has 33 heavy (non-hydrogen) atoms. The second-order valence-corrected chi connectivity index (χ2v) is 9.02. The molecule has 1 amide bonds. The van der Waals surface area contributed by atoms with E-state index in [1.54, 1.807) is 11.0 Å². The lowest BCUT2D eigenvalue weighted by molar-refractivity contribution is 0.0981. The van der Waals surface area contributed by atoms with Gasteiger partial charge in [0.2, 0.25) is 0 Å². The fourth-order valence-corrected chi connectivity index (χ4v) is 4.76. The number of nitrogens with zero attached hydrogens (tertiary/aromatic N) is 1. The standard InChI is InChI=1S/C28H33NO4/c1-19-13-14-25(20(2)17-19)29(15-8-16-30)28(32)24-18-26(33-21-9-4-3-5-10-21)22-11-6-7-12-23(22)27(24)31/h6-7,11-14,17-18,21,30-31H,3-5,8-10,15-16H2,1-2H3. The minimum Gasteiger partial charge on any atom is -0.506 e. The molecule has 1 aliphatic rings. The van der Waals surface area contributed by atoms with Gasteiger partial charge in [-0.2, -0.15) is 0 Å². The van der Waals surface area contributed by atoms with Gasteiger partial charge in [-0.1, -0.05) is 48.4 Å². The van der Waals surface area contributed by atoms with E-state index >= 15 is 0 Å². The number of hydrogen-bond donors (Lipinski definition) is 2. The molecule has 0 radical (unpaired) electrons. The van der Waals surface area contributed by atoms with E-state index in [1.165, 1.54) is 6.42 Å². The summed E-state index contributed by atoms with van der Waals surface area (Å²) in [5, 5.41) is 22.0. The Morgan fingerprint density at radius 1 is 1.03 bits per heavy atom. The number of ether oxygens (including phenoxy) is 1. The number of aromatic hydroxyl groups is 1. The highest BCUT2D eigenvalue weighted by molar-refractivity contribution is 6.12. The molecule has 1 saturated carbocycles. The first-order chi connectivity index (χ1) is 16.0. The molecule has 3 aromatic rings. The summed E-state index contributed by atoms with van der Waals surface area (Å²) in [6.45, 7) is 4.32. The minimum absolute atomic E-state index is 0.0194. The van der Waals surface area contributed by atoms with Gasteiger partial charge in [-0.15, -0.1) is 0 Å². The Morgan fingerprint density at radius 3 is 2.45 bits per heavy atom. The van der Waals surface area contributed by atoms with Gasteiger partial charge in [-0.25, -0.2) is 0 Å². The quantitative estimate of drug-likeness (QED) is 0.473. The molecule has 0 heterocycles. The zero-order valence-electron chi connectivity index (χ0n) is 19.5. The van der Waals surface area contributed by atoms with Crippen LogP contribution in [0.4, 0.5) is 5.69 Å². The molecule has 0 saturated heterocycles. The number of carbonyl (C=O) groups excluding carboxylic acids is 1. The zero-order valence-corrected chi connectivity index (χ0v) is 19.5. The number of benzene rings is 3. The van der Waals surface area contributed by atoms with E-state index in [4.69, 9.17) is 4.74 Å². The van der Waals surface area contributed by atoms with Gasteiger partial charge in [0.25, 0.3) is 5.91 Å². The minimum atomic E-state index is -0.299. The van der Waals surface area contributed by atoms with Crippen LogP contribution in [0.1, 0.15) is 60.0 Å². The third-order valence-corrected chi connectivity index (χ3v) is 6.48. The molecule has 0 spiro atoms. The van der Waals surface area contributed by atoms with E-state index in [9.17, 15) is 15.0 Å². The van der Waals surface area contributed by atoms with Crippen LogP contribution in [0.25, 0.3) is 10.8 Å². The average molecular weight is 448 g/mol. The molecule has 0 bridgehead atoms. The van der Waals surface area contributed by atoms with Crippen molar-refractivity contribution in [3.05, 3.63) is 65.2 Å². The largest absolute Gasteiger partial charge is 0.506 e. The first-order valence-electron chi connectivity index (χ1n) is 11.9. The van der Waals surface area contributed by atoms with Crippen molar-refractivity contribution in [2.75, 3.05) is 18.1 Å². The van der Waals surface area contributed by atoms with Crippen molar-refractivity contribution in [3.8, 4) is 11.5 Å².